The van der Waals surface area contributed by atoms with E-state index in [1.807, 2.05) is 25.1 Å². The van der Waals surface area contributed by atoms with Crippen molar-refractivity contribution in [2.45, 2.75) is 13.3 Å². The summed E-state index contributed by atoms with van der Waals surface area (Å²) in [6.07, 6.45) is 0.754. The van der Waals surface area contributed by atoms with Crippen LogP contribution in [0.15, 0.2) is 18.2 Å². The Morgan fingerprint density at radius 1 is 1.25 bits per heavy atom. The van der Waals surface area contributed by atoms with Gasteiger partial charge in [-0.05, 0) is 35.6 Å². The topological polar surface area (TPSA) is 9.23 Å². The van der Waals surface area contributed by atoms with E-state index in [0.717, 1.165) is 17.7 Å². The SMILES string of the molecule is COc1ccc(Cl)cc1CC(C)(CCl)CCl. The zero-order chi connectivity index (χ0) is 12.2. The lowest BCUT2D eigenvalue weighted by Gasteiger charge is -2.25. The van der Waals surface area contributed by atoms with E-state index < -0.39 is 0 Å². The van der Waals surface area contributed by atoms with E-state index in [1.165, 1.54) is 0 Å². The van der Waals surface area contributed by atoms with Gasteiger partial charge in [-0.15, -0.1) is 23.2 Å². The van der Waals surface area contributed by atoms with Crippen molar-refractivity contribution in [1.29, 1.82) is 0 Å². The normalized spacial score (nSPS) is 11.6. The summed E-state index contributed by atoms with van der Waals surface area (Å²) >= 11 is 17.8. The Morgan fingerprint density at radius 2 is 1.88 bits per heavy atom. The first kappa shape index (κ1) is 14.0. The summed E-state index contributed by atoms with van der Waals surface area (Å²) in [4.78, 5) is 0. The van der Waals surface area contributed by atoms with Crippen molar-refractivity contribution in [2.75, 3.05) is 18.9 Å². The van der Waals surface area contributed by atoms with Gasteiger partial charge in [-0.25, -0.2) is 0 Å². The van der Waals surface area contributed by atoms with E-state index in [4.69, 9.17) is 39.5 Å². The molecule has 0 fully saturated rings. The van der Waals surface area contributed by atoms with Crippen molar-refractivity contribution in [1.82, 2.24) is 0 Å². The Hall–Kier alpha value is -0.110. The minimum absolute atomic E-state index is 0.138. The van der Waals surface area contributed by atoms with Gasteiger partial charge < -0.3 is 4.74 Å². The number of hydrogen-bond acceptors (Lipinski definition) is 1. The maximum atomic E-state index is 5.97. The molecule has 0 aromatic heterocycles. The zero-order valence-corrected chi connectivity index (χ0v) is 11.7. The molecular formula is C12H15Cl3O. The van der Waals surface area contributed by atoms with Gasteiger partial charge in [0.05, 0.1) is 7.11 Å². The fourth-order valence-corrected chi connectivity index (χ4v) is 2.14. The summed E-state index contributed by atoms with van der Waals surface area (Å²) in [7, 11) is 1.64. The molecule has 0 saturated heterocycles. The highest BCUT2D eigenvalue weighted by Crippen LogP contribution is 2.31. The van der Waals surface area contributed by atoms with Crippen LogP contribution in [0.4, 0.5) is 0 Å². The van der Waals surface area contributed by atoms with Crippen LogP contribution in [0.1, 0.15) is 12.5 Å². The van der Waals surface area contributed by atoms with Gasteiger partial charge in [-0.3, -0.25) is 0 Å². The van der Waals surface area contributed by atoms with Crippen LogP contribution in [0, 0.1) is 5.41 Å². The van der Waals surface area contributed by atoms with Crippen LogP contribution in [0.2, 0.25) is 5.02 Å². The Balaban J connectivity index is 2.98. The maximum absolute atomic E-state index is 5.97. The van der Waals surface area contributed by atoms with Gasteiger partial charge in [0, 0.05) is 16.8 Å². The Bertz CT molecular complexity index is 348. The molecule has 0 spiro atoms. The third-order valence-electron chi connectivity index (χ3n) is 2.50. The molecule has 1 aromatic carbocycles. The summed E-state index contributed by atoms with van der Waals surface area (Å²) in [6, 6.07) is 5.57. The largest absolute Gasteiger partial charge is 0.496 e. The highest BCUT2D eigenvalue weighted by molar-refractivity contribution is 6.30. The standard InChI is InChI=1S/C12H15Cl3O/c1-12(7-13,8-14)6-9-5-10(15)3-4-11(9)16-2/h3-5H,6-8H2,1-2H3. The summed E-state index contributed by atoms with van der Waals surface area (Å²) in [5.74, 6) is 1.84. The lowest BCUT2D eigenvalue weighted by atomic mass is 9.87. The van der Waals surface area contributed by atoms with Gasteiger partial charge in [0.25, 0.3) is 0 Å². The number of methoxy groups -OCH3 is 1. The maximum Gasteiger partial charge on any atom is 0.122 e. The molecule has 90 valence electrons. The number of halogens is 3. The number of benzene rings is 1. The second-order valence-corrected chi connectivity index (χ2v) is 5.18. The van der Waals surface area contributed by atoms with Crippen molar-refractivity contribution in [3.63, 3.8) is 0 Å². The Labute approximate surface area is 112 Å². The fraction of sp³-hybridized carbons (Fsp3) is 0.500. The molecular weight excluding hydrogens is 266 g/mol. The third kappa shape index (κ3) is 3.44. The van der Waals surface area contributed by atoms with E-state index in [1.54, 1.807) is 7.11 Å². The van der Waals surface area contributed by atoms with E-state index in [0.29, 0.717) is 16.8 Å². The summed E-state index contributed by atoms with van der Waals surface area (Å²) in [5, 5.41) is 0.697. The molecule has 0 aliphatic carbocycles. The predicted octanol–water partition coefficient (Wildman–Crippen LogP) is 4.38. The molecule has 0 bridgehead atoms. The Kier molecular flexibility index (Phi) is 5.23. The molecule has 4 heteroatoms. The molecule has 0 unspecified atom stereocenters. The van der Waals surface area contributed by atoms with Crippen LogP contribution in [-0.4, -0.2) is 18.9 Å². The van der Waals surface area contributed by atoms with E-state index >= 15 is 0 Å². The van der Waals surface area contributed by atoms with Gasteiger partial charge in [-0.2, -0.15) is 0 Å². The van der Waals surface area contributed by atoms with Gasteiger partial charge in [-0.1, -0.05) is 18.5 Å². The second-order valence-electron chi connectivity index (χ2n) is 4.21. The molecule has 0 saturated carbocycles. The van der Waals surface area contributed by atoms with Gasteiger partial charge in [0.1, 0.15) is 5.75 Å². The van der Waals surface area contributed by atoms with Gasteiger partial charge in [0.2, 0.25) is 0 Å². The first-order valence-corrected chi connectivity index (χ1v) is 6.44. The van der Waals surface area contributed by atoms with Crippen LogP contribution in [-0.2, 0) is 6.42 Å². The summed E-state index contributed by atoms with van der Waals surface area (Å²) < 4.78 is 5.29. The Morgan fingerprint density at radius 3 is 2.38 bits per heavy atom. The first-order chi connectivity index (χ1) is 7.54. The molecule has 1 rings (SSSR count). The molecule has 0 aliphatic heterocycles. The highest BCUT2D eigenvalue weighted by Gasteiger charge is 2.24. The average Bonchev–Trinajstić information content (AvgIpc) is 2.29. The monoisotopic (exact) mass is 280 g/mol. The molecule has 1 nitrogen and oxygen atoms in total. The summed E-state index contributed by atoms with van der Waals surface area (Å²) in [5.41, 5.74) is 0.903. The number of ether oxygens (including phenoxy) is 1. The molecule has 0 atom stereocenters. The minimum atomic E-state index is -0.138. The lowest BCUT2D eigenvalue weighted by molar-refractivity contribution is 0.385. The smallest absolute Gasteiger partial charge is 0.122 e. The van der Waals surface area contributed by atoms with Crippen LogP contribution in [0.3, 0.4) is 0 Å². The van der Waals surface area contributed by atoms with Gasteiger partial charge >= 0.3 is 0 Å². The lowest BCUT2D eigenvalue weighted by Crippen LogP contribution is -2.24. The average molecular weight is 282 g/mol. The minimum Gasteiger partial charge on any atom is -0.496 e. The molecule has 1 aromatic rings. The first-order valence-electron chi connectivity index (χ1n) is 4.99. The number of alkyl halides is 2. The van der Waals surface area contributed by atoms with Crippen LogP contribution in [0.5, 0.6) is 5.75 Å². The van der Waals surface area contributed by atoms with E-state index in [9.17, 15) is 0 Å². The zero-order valence-electron chi connectivity index (χ0n) is 9.40. The predicted molar refractivity (Wildman–Crippen MR) is 71.3 cm³/mol. The van der Waals surface area contributed by atoms with Crippen molar-refractivity contribution in [2.24, 2.45) is 5.41 Å². The fourth-order valence-electron chi connectivity index (χ4n) is 1.48. The number of rotatable bonds is 5. The van der Waals surface area contributed by atoms with Crippen LogP contribution >= 0.6 is 34.8 Å². The molecule has 16 heavy (non-hydrogen) atoms. The van der Waals surface area contributed by atoms with Gasteiger partial charge in [0.15, 0.2) is 0 Å². The van der Waals surface area contributed by atoms with Crippen molar-refractivity contribution >= 4 is 34.8 Å². The summed E-state index contributed by atoms with van der Waals surface area (Å²) in [6.45, 7) is 2.05. The van der Waals surface area contributed by atoms with E-state index in [-0.39, 0.29) is 5.41 Å². The van der Waals surface area contributed by atoms with E-state index in [2.05, 4.69) is 0 Å². The molecule has 0 radical (unpaired) electrons. The van der Waals surface area contributed by atoms with Crippen LogP contribution in [0.25, 0.3) is 0 Å². The third-order valence-corrected chi connectivity index (χ3v) is 4.03. The molecule has 0 heterocycles. The van der Waals surface area contributed by atoms with Crippen LogP contribution < -0.4 is 4.74 Å². The highest BCUT2D eigenvalue weighted by atomic mass is 35.5. The quantitative estimate of drug-likeness (QED) is 0.728. The van der Waals surface area contributed by atoms with Crippen molar-refractivity contribution < 1.29 is 4.74 Å². The number of hydrogen-bond donors (Lipinski definition) is 0. The van der Waals surface area contributed by atoms with Crippen molar-refractivity contribution in [3.8, 4) is 5.75 Å². The van der Waals surface area contributed by atoms with Crippen molar-refractivity contribution in [3.05, 3.63) is 28.8 Å². The molecule has 0 aliphatic rings. The second kappa shape index (κ2) is 6.00. The molecule has 0 amide bonds. The molecule has 0 N–H and O–H groups in total.